The number of hydrogen-bond acceptors (Lipinski definition) is 5. The first-order valence-corrected chi connectivity index (χ1v) is 6.56. The summed E-state index contributed by atoms with van der Waals surface area (Å²) >= 11 is 0. The quantitative estimate of drug-likeness (QED) is 0.729. The summed E-state index contributed by atoms with van der Waals surface area (Å²) in [5.74, 6) is -0.0199. The van der Waals surface area contributed by atoms with E-state index in [1.54, 1.807) is 0 Å². The number of hydrogen-bond donors (Lipinski definition) is 2. The molecular formula is C12H23ClN2O4. The molecule has 2 rings (SSSR count). The predicted octanol–water partition coefficient (Wildman–Crippen LogP) is -0.293. The van der Waals surface area contributed by atoms with Crippen molar-refractivity contribution in [1.29, 1.82) is 0 Å². The Kier molecular flexibility index (Phi) is 7.63. The van der Waals surface area contributed by atoms with Gasteiger partial charge in [0, 0.05) is 19.2 Å². The lowest BCUT2D eigenvalue weighted by Crippen LogP contribution is -2.53. The van der Waals surface area contributed by atoms with Crippen LogP contribution in [0.25, 0.3) is 0 Å². The third-order valence-corrected chi connectivity index (χ3v) is 3.10. The number of amides is 1. The van der Waals surface area contributed by atoms with E-state index in [1.165, 1.54) is 0 Å². The van der Waals surface area contributed by atoms with Crippen molar-refractivity contribution in [3.63, 3.8) is 0 Å². The Labute approximate surface area is 119 Å². The van der Waals surface area contributed by atoms with Crippen LogP contribution in [0.3, 0.4) is 0 Å². The zero-order chi connectivity index (χ0) is 12.8. The summed E-state index contributed by atoms with van der Waals surface area (Å²) in [6, 6.07) is -0.238. The Morgan fingerprint density at radius 1 is 1.42 bits per heavy atom. The van der Waals surface area contributed by atoms with E-state index < -0.39 is 0 Å². The molecule has 2 N–H and O–H groups in total. The highest BCUT2D eigenvalue weighted by Crippen LogP contribution is 2.08. The fourth-order valence-corrected chi connectivity index (χ4v) is 2.04. The van der Waals surface area contributed by atoms with Crippen LogP contribution in [-0.2, 0) is 19.0 Å². The molecule has 7 heteroatoms. The molecule has 1 amide bonds. The predicted molar refractivity (Wildman–Crippen MR) is 72.6 cm³/mol. The Bertz CT molecular complexity index is 268. The van der Waals surface area contributed by atoms with Crippen molar-refractivity contribution in [2.75, 3.05) is 39.6 Å². The van der Waals surface area contributed by atoms with Crippen molar-refractivity contribution in [2.24, 2.45) is 0 Å². The van der Waals surface area contributed by atoms with Crippen molar-refractivity contribution in [1.82, 2.24) is 10.6 Å². The second kappa shape index (κ2) is 8.71. The van der Waals surface area contributed by atoms with Gasteiger partial charge < -0.3 is 24.8 Å². The Morgan fingerprint density at radius 3 is 2.84 bits per heavy atom. The van der Waals surface area contributed by atoms with Crippen molar-refractivity contribution < 1.29 is 19.0 Å². The van der Waals surface area contributed by atoms with Crippen LogP contribution in [0.5, 0.6) is 0 Å². The molecule has 2 aliphatic heterocycles. The lowest BCUT2D eigenvalue weighted by atomic mass is 10.2. The van der Waals surface area contributed by atoms with Crippen molar-refractivity contribution in [2.45, 2.75) is 31.5 Å². The van der Waals surface area contributed by atoms with Crippen LogP contribution >= 0.6 is 12.4 Å². The summed E-state index contributed by atoms with van der Waals surface area (Å²) in [5.41, 5.74) is 0. The lowest BCUT2D eigenvalue weighted by Gasteiger charge is -2.25. The van der Waals surface area contributed by atoms with Crippen LogP contribution < -0.4 is 10.6 Å². The molecule has 0 saturated carbocycles. The van der Waals surface area contributed by atoms with Gasteiger partial charge in [-0.2, -0.15) is 0 Å². The first-order chi connectivity index (χ1) is 8.75. The maximum Gasteiger partial charge on any atom is 0.239 e. The van der Waals surface area contributed by atoms with Crippen LogP contribution in [-0.4, -0.2) is 63.7 Å². The van der Waals surface area contributed by atoms with Crippen LogP contribution in [0.1, 0.15) is 13.3 Å². The molecule has 2 aliphatic rings. The summed E-state index contributed by atoms with van der Waals surface area (Å²) in [5, 5.41) is 6.05. The third-order valence-electron chi connectivity index (χ3n) is 3.10. The second-order valence-corrected chi connectivity index (χ2v) is 4.81. The number of halogens is 1. The Morgan fingerprint density at radius 2 is 2.21 bits per heavy atom. The summed E-state index contributed by atoms with van der Waals surface area (Å²) in [6.07, 6.45) is 1.12. The maximum absolute atomic E-state index is 11.9. The van der Waals surface area contributed by atoms with E-state index in [0.717, 1.165) is 19.6 Å². The number of carbonyl (C=O) groups excluding carboxylic acids is 1. The molecule has 0 aromatic carbocycles. The molecule has 3 atom stereocenters. The van der Waals surface area contributed by atoms with Gasteiger partial charge in [0.1, 0.15) is 6.04 Å². The first-order valence-electron chi connectivity index (χ1n) is 6.56. The molecule has 0 bridgehead atoms. The highest BCUT2D eigenvalue weighted by molar-refractivity contribution is 5.85. The minimum atomic E-state index is -0.240. The van der Waals surface area contributed by atoms with Crippen LogP contribution in [0.4, 0.5) is 0 Å². The van der Waals surface area contributed by atoms with Gasteiger partial charge in [0.05, 0.1) is 32.5 Å². The van der Waals surface area contributed by atoms with E-state index in [4.69, 9.17) is 14.2 Å². The Hall–Kier alpha value is -0.400. The van der Waals surface area contributed by atoms with E-state index >= 15 is 0 Å². The molecular weight excluding hydrogens is 272 g/mol. The average Bonchev–Trinajstić information content (AvgIpc) is 2.90. The number of rotatable bonds is 5. The Balaban J connectivity index is 0.00000180. The van der Waals surface area contributed by atoms with E-state index in [1.807, 2.05) is 6.92 Å². The third kappa shape index (κ3) is 5.62. The molecule has 112 valence electrons. The SMILES string of the molecule is CC(COC1CCOC1)NC(=O)C1COCCN1.Cl. The van der Waals surface area contributed by atoms with E-state index in [2.05, 4.69) is 10.6 Å². The lowest BCUT2D eigenvalue weighted by molar-refractivity contribution is -0.127. The van der Waals surface area contributed by atoms with Gasteiger partial charge in [-0.05, 0) is 13.3 Å². The molecule has 2 fully saturated rings. The highest BCUT2D eigenvalue weighted by atomic mass is 35.5. The van der Waals surface area contributed by atoms with Gasteiger partial charge in [-0.3, -0.25) is 4.79 Å². The standard InChI is InChI=1S/C12H22N2O4.ClH/c1-9(6-18-10-2-4-16-7-10)14-12(15)11-8-17-5-3-13-11;/h9-11,13H,2-8H2,1H3,(H,14,15);1H. The fraction of sp³-hybridized carbons (Fsp3) is 0.917. The summed E-state index contributed by atoms with van der Waals surface area (Å²) in [7, 11) is 0. The molecule has 0 spiro atoms. The number of carbonyl (C=O) groups is 1. The van der Waals surface area contributed by atoms with Gasteiger partial charge in [-0.25, -0.2) is 0 Å². The van der Waals surface area contributed by atoms with E-state index in [0.29, 0.717) is 26.4 Å². The zero-order valence-corrected chi connectivity index (χ0v) is 12.0. The molecule has 2 saturated heterocycles. The smallest absolute Gasteiger partial charge is 0.239 e. The van der Waals surface area contributed by atoms with Gasteiger partial charge >= 0.3 is 0 Å². The molecule has 6 nitrogen and oxygen atoms in total. The summed E-state index contributed by atoms with van der Waals surface area (Å²) < 4.78 is 16.1. The summed E-state index contributed by atoms with van der Waals surface area (Å²) in [6.45, 7) is 5.74. The highest BCUT2D eigenvalue weighted by Gasteiger charge is 2.23. The van der Waals surface area contributed by atoms with Crippen LogP contribution in [0.2, 0.25) is 0 Å². The van der Waals surface area contributed by atoms with Crippen molar-refractivity contribution >= 4 is 18.3 Å². The minimum Gasteiger partial charge on any atom is -0.379 e. The fourth-order valence-electron chi connectivity index (χ4n) is 2.04. The molecule has 0 aromatic heterocycles. The second-order valence-electron chi connectivity index (χ2n) is 4.81. The molecule has 19 heavy (non-hydrogen) atoms. The number of nitrogens with one attached hydrogen (secondary N) is 2. The van der Waals surface area contributed by atoms with Crippen molar-refractivity contribution in [3.8, 4) is 0 Å². The first kappa shape index (κ1) is 16.7. The number of ether oxygens (including phenoxy) is 3. The number of morpholine rings is 1. The van der Waals surface area contributed by atoms with Gasteiger partial charge in [0.15, 0.2) is 0 Å². The topological polar surface area (TPSA) is 68.8 Å². The largest absolute Gasteiger partial charge is 0.379 e. The molecule has 2 heterocycles. The monoisotopic (exact) mass is 294 g/mol. The maximum atomic E-state index is 11.9. The molecule has 3 unspecified atom stereocenters. The summed E-state index contributed by atoms with van der Waals surface area (Å²) in [4.78, 5) is 11.9. The van der Waals surface area contributed by atoms with Gasteiger partial charge in [0.2, 0.25) is 5.91 Å². The van der Waals surface area contributed by atoms with Crippen molar-refractivity contribution in [3.05, 3.63) is 0 Å². The molecule has 0 radical (unpaired) electrons. The van der Waals surface area contributed by atoms with Crippen LogP contribution in [0, 0.1) is 0 Å². The molecule has 0 aliphatic carbocycles. The van der Waals surface area contributed by atoms with Gasteiger partial charge in [-0.1, -0.05) is 0 Å². The average molecular weight is 295 g/mol. The van der Waals surface area contributed by atoms with E-state index in [-0.39, 0.29) is 36.5 Å². The minimum absolute atomic E-state index is 0. The molecule has 0 aromatic rings. The zero-order valence-electron chi connectivity index (χ0n) is 11.2. The normalized spacial score (nSPS) is 28.5. The van der Waals surface area contributed by atoms with Gasteiger partial charge in [0.25, 0.3) is 0 Å². The van der Waals surface area contributed by atoms with Crippen LogP contribution in [0.15, 0.2) is 0 Å². The van der Waals surface area contributed by atoms with Gasteiger partial charge in [-0.15, -0.1) is 12.4 Å². The van der Waals surface area contributed by atoms with E-state index in [9.17, 15) is 4.79 Å².